The number of furan rings is 1. The fourth-order valence-electron chi connectivity index (χ4n) is 4.51. The Bertz CT molecular complexity index is 1250. The number of hydrogen-bond acceptors (Lipinski definition) is 3. The Kier molecular flexibility index (Phi) is 7.44. The van der Waals surface area contributed by atoms with Crippen LogP contribution >= 0.6 is 12.4 Å². The Hall–Kier alpha value is -2.91. The number of hydrogen-bond donors (Lipinski definition) is 1. The van der Waals surface area contributed by atoms with Gasteiger partial charge in [0.15, 0.2) is 0 Å². The SMILES string of the molecule is COc1ccc(CNc2c(C)c(C)c3oc(C)c(-c4ccc(C(C)C)cc4)c3c2C)cc1.Cl. The summed E-state index contributed by atoms with van der Waals surface area (Å²) in [4.78, 5) is 0. The topological polar surface area (TPSA) is 34.4 Å². The van der Waals surface area contributed by atoms with Crippen LogP contribution < -0.4 is 10.1 Å². The molecule has 0 saturated carbocycles. The predicted molar refractivity (Wildman–Crippen MR) is 142 cm³/mol. The average molecular weight is 464 g/mol. The summed E-state index contributed by atoms with van der Waals surface area (Å²) in [5.41, 5.74) is 10.8. The molecule has 0 aliphatic rings. The van der Waals surface area contributed by atoms with E-state index in [1.54, 1.807) is 7.11 Å². The summed E-state index contributed by atoms with van der Waals surface area (Å²) in [7, 11) is 1.69. The van der Waals surface area contributed by atoms with Crippen molar-refractivity contribution in [1.82, 2.24) is 0 Å². The van der Waals surface area contributed by atoms with Gasteiger partial charge in [0.25, 0.3) is 0 Å². The fourth-order valence-corrected chi connectivity index (χ4v) is 4.51. The van der Waals surface area contributed by atoms with E-state index in [1.807, 2.05) is 12.1 Å². The van der Waals surface area contributed by atoms with Crippen LogP contribution in [0.1, 0.15) is 53.3 Å². The number of aryl methyl sites for hydroxylation is 3. The molecule has 4 rings (SSSR count). The smallest absolute Gasteiger partial charge is 0.138 e. The van der Waals surface area contributed by atoms with Crippen LogP contribution in [0.25, 0.3) is 22.1 Å². The molecule has 0 spiro atoms. The van der Waals surface area contributed by atoms with Crippen molar-refractivity contribution in [3.63, 3.8) is 0 Å². The zero-order chi connectivity index (χ0) is 23.0. The molecule has 0 fully saturated rings. The van der Waals surface area contributed by atoms with Crippen LogP contribution in [0, 0.1) is 27.7 Å². The van der Waals surface area contributed by atoms with E-state index in [4.69, 9.17) is 9.15 Å². The van der Waals surface area contributed by atoms with Crippen LogP contribution in [0.15, 0.2) is 52.9 Å². The molecule has 0 amide bonds. The van der Waals surface area contributed by atoms with Crippen molar-refractivity contribution in [2.24, 2.45) is 0 Å². The molecule has 1 N–H and O–H groups in total. The fraction of sp³-hybridized carbons (Fsp3) is 0.310. The molecule has 0 bridgehead atoms. The van der Waals surface area contributed by atoms with Gasteiger partial charge in [-0.25, -0.2) is 0 Å². The van der Waals surface area contributed by atoms with E-state index in [0.29, 0.717) is 5.92 Å². The number of fused-ring (bicyclic) bond motifs is 1. The van der Waals surface area contributed by atoms with Gasteiger partial charge in [-0.05, 0) is 79.1 Å². The van der Waals surface area contributed by atoms with Gasteiger partial charge in [-0.15, -0.1) is 12.4 Å². The molecule has 0 unspecified atom stereocenters. The minimum absolute atomic E-state index is 0. The maximum Gasteiger partial charge on any atom is 0.138 e. The Balaban J connectivity index is 0.00000306. The largest absolute Gasteiger partial charge is 0.497 e. The standard InChI is InChI=1S/C29H33NO2.ClH/c1-17(2)23-10-12-24(13-11-23)27-21(6)32-29-19(4)18(3)28(20(5)26(27)29)30-16-22-8-14-25(31-7)15-9-22;/h8-15,17,30H,16H2,1-7H3;1H. The zero-order valence-corrected chi connectivity index (χ0v) is 21.4. The van der Waals surface area contributed by atoms with Crippen molar-refractivity contribution < 1.29 is 9.15 Å². The summed E-state index contributed by atoms with van der Waals surface area (Å²) >= 11 is 0. The first-order chi connectivity index (χ1) is 15.3. The van der Waals surface area contributed by atoms with Crippen LogP contribution in [-0.4, -0.2) is 7.11 Å². The second kappa shape index (κ2) is 9.93. The molecule has 174 valence electrons. The van der Waals surface area contributed by atoms with Crippen LogP contribution in [0.3, 0.4) is 0 Å². The normalized spacial score (nSPS) is 11.0. The maximum absolute atomic E-state index is 6.33. The first-order valence-corrected chi connectivity index (χ1v) is 11.3. The molecule has 0 atom stereocenters. The number of anilines is 1. The Morgan fingerprint density at radius 1 is 0.848 bits per heavy atom. The Labute approximate surface area is 203 Å². The molecule has 33 heavy (non-hydrogen) atoms. The van der Waals surface area contributed by atoms with Gasteiger partial charge in [-0.2, -0.15) is 0 Å². The van der Waals surface area contributed by atoms with Crippen LogP contribution in [-0.2, 0) is 6.54 Å². The van der Waals surface area contributed by atoms with Crippen molar-refractivity contribution in [3.8, 4) is 16.9 Å². The Morgan fingerprint density at radius 3 is 2.06 bits per heavy atom. The molecule has 0 aliphatic carbocycles. The third-order valence-electron chi connectivity index (χ3n) is 6.61. The summed E-state index contributed by atoms with van der Waals surface area (Å²) in [5.74, 6) is 2.36. The lowest BCUT2D eigenvalue weighted by molar-refractivity contribution is 0.414. The summed E-state index contributed by atoms with van der Waals surface area (Å²) in [6, 6.07) is 17.1. The van der Waals surface area contributed by atoms with Gasteiger partial charge in [0.2, 0.25) is 0 Å². The summed E-state index contributed by atoms with van der Waals surface area (Å²) in [6.07, 6.45) is 0. The molecule has 0 aliphatic heterocycles. The minimum atomic E-state index is 0. The highest BCUT2D eigenvalue weighted by Crippen LogP contribution is 2.42. The number of benzene rings is 3. The summed E-state index contributed by atoms with van der Waals surface area (Å²) < 4.78 is 11.6. The highest BCUT2D eigenvalue weighted by Gasteiger charge is 2.21. The zero-order valence-electron chi connectivity index (χ0n) is 20.6. The van der Waals surface area contributed by atoms with Crippen molar-refractivity contribution in [2.45, 2.75) is 54.0 Å². The molecule has 0 saturated heterocycles. The summed E-state index contributed by atoms with van der Waals surface area (Å²) in [5, 5.41) is 4.91. The molecule has 4 heteroatoms. The number of nitrogens with one attached hydrogen (secondary N) is 1. The van der Waals surface area contributed by atoms with Gasteiger partial charge in [0.1, 0.15) is 17.1 Å². The molecule has 4 aromatic rings. The molecule has 1 heterocycles. The third-order valence-corrected chi connectivity index (χ3v) is 6.61. The van der Waals surface area contributed by atoms with Crippen molar-refractivity contribution in [3.05, 3.63) is 82.1 Å². The third kappa shape index (κ3) is 4.60. The predicted octanol–water partition coefficient (Wildman–Crippen LogP) is 8.50. The maximum atomic E-state index is 6.33. The van der Waals surface area contributed by atoms with Crippen LogP contribution in [0.5, 0.6) is 5.75 Å². The van der Waals surface area contributed by atoms with Gasteiger partial charge in [-0.3, -0.25) is 0 Å². The van der Waals surface area contributed by atoms with E-state index < -0.39 is 0 Å². The highest BCUT2D eigenvalue weighted by atomic mass is 35.5. The molecular weight excluding hydrogens is 430 g/mol. The number of rotatable bonds is 6. The van der Waals surface area contributed by atoms with Gasteiger partial charge >= 0.3 is 0 Å². The van der Waals surface area contributed by atoms with E-state index >= 15 is 0 Å². The van der Waals surface area contributed by atoms with Gasteiger partial charge < -0.3 is 14.5 Å². The minimum Gasteiger partial charge on any atom is -0.497 e. The average Bonchev–Trinajstić information content (AvgIpc) is 3.15. The van der Waals surface area contributed by atoms with Crippen LogP contribution in [0.4, 0.5) is 5.69 Å². The van der Waals surface area contributed by atoms with E-state index in [0.717, 1.165) is 23.6 Å². The van der Waals surface area contributed by atoms with Gasteiger partial charge in [-0.1, -0.05) is 50.2 Å². The first kappa shape index (κ1) is 24.7. The number of ether oxygens (including phenoxy) is 1. The quantitative estimate of drug-likeness (QED) is 0.311. The van der Waals surface area contributed by atoms with E-state index in [1.165, 1.54) is 50.0 Å². The second-order valence-electron chi connectivity index (χ2n) is 8.97. The lowest BCUT2D eigenvalue weighted by Crippen LogP contribution is -2.04. The molecule has 3 aromatic carbocycles. The summed E-state index contributed by atoms with van der Waals surface area (Å²) in [6.45, 7) is 13.8. The van der Waals surface area contributed by atoms with Gasteiger partial charge in [0.05, 0.1) is 7.11 Å². The van der Waals surface area contributed by atoms with Gasteiger partial charge in [0, 0.05) is 23.2 Å². The lowest BCUT2D eigenvalue weighted by Gasteiger charge is -2.17. The number of halogens is 1. The molecule has 1 aromatic heterocycles. The first-order valence-electron chi connectivity index (χ1n) is 11.3. The van der Waals surface area contributed by atoms with E-state index in [-0.39, 0.29) is 12.4 Å². The van der Waals surface area contributed by atoms with Crippen molar-refractivity contribution >= 4 is 29.1 Å². The highest BCUT2D eigenvalue weighted by molar-refractivity contribution is 6.02. The van der Waals surface area contributed by atoms with Crippen molar-refractivity contribution in [2.75, 3.05) is 12.4 Å². The Morgan fingerprint density at radius 2 is 1.48 bits per heavy atom. The monoisotopic (exact) mass is 463 g/mol. The molecule has 0 radical (unpaired) electrons. The molecule has 3 nitrogen and oxygen atoms in total. The number of methoxy groups -OCH3 is 1. The van der Waals surface area contributed by atoms with E-state index in [2.05, 4.69) is 83.3 Å². The van der Waals surface area contributed by atoms with Crippen LogP contribution in [0.2, 0.25) is 0 Å². The van der Waals surface area contributed by atoms with Crippen molar-refractivity contribution in [1.29, 1.82) is 0 Å². The second-order valence-corrected chi connectivity index (χ2v) is 8.97. The lowest BCUT2D eigenvalue weighted by atomic mass is 9.92. The molecular formula is C29H34ClNO2. The van der Waals surface area contributed by atoms with E-state index in [9.17, 15) is 0 Å².